The van der Waals surface area contributed by atoms with E-state index >= 15 is 0 Å². The van der Waals surface area contributed by atoms with Gasteiger partial charge in [-0.1, -0.05) is 23.7 Å². The van der Waals surface area contributed by atoms with Crippen LogP contribution in [0, 0.1) is 0 Å². The molecule has 2 aliphatic rings. The number of aliphatic hydroxyl groups excluding tert-OH is 1. The molecule has 2 fully saturated rings. The highest BCUT2D eigenvalue weighted by Crippen LogP contribution is 2.40. The number of aliphatic hydroxyl groups is 1. The molecule has 1 atom stereocenters. The topological polar surface area (TPSA) is 79.3 Å². The van der Waals surface area contributed by atoms with Crippen molar-refractivity contribution >= 4 is 29.1 Å². The van der Waals surface area contributed by atoms with Crippen molar-refractivity contribution in [2.75, 3.05) is 39.4 Å². The Kier molecular flexibility index (Phi) is 8.11. The van der Waals surface area contributed by atoms with Crippen LogP contribution < -0.4 is 4.74 Å². The number of ketones is 1. The molecule has 2 aromatic carbocycles. The third kappa shape index (κ3) is 5.86. The first kappa shape index (κ1) is 25.2. The molecule has 1 unspecified atom stereocenters. The van der Waals surface area contributed by atoms with Gasteiger partial charge >= 0.3 is 0 Å². The van der Waals surface area contributed by atoms with Crippen molar-refractivity contribution in [2.45, 2.75) is 32.4 Å². The summed E-state index contributed by atoms with van der Waals surface area (Å²) in [6.07, 6.45) is 0.732. The molecule has 0 aliphatic carbocycles. The first-order valence-corrected chi connectivity index (χ1v) is 12.3. The quantitative estimate of drug-likeness (QED) is 0.332. The van der Waals surface area contributed by atoms with Crippen LogP contribution in [0.1, 0.15) is 37.4 Å². The fourth-order valence-corrected chi connectivity index (χ4v) is 4.64. The zero-order valence-electron chi connectivity index (χ0n) is 20.1. The van der Waals surface area contributed by atoms with Gasteiger partial charge in [0.05, 0.1) is 30.9 Å². The number of halogens is 1. The van der Waals surface area contributed by atoms with E-state index in [4.69, 9.17) is 21.1 Å². The number of amides is 1. The Hall–Kier alpha value is -2.87. The van der Waals surface area contributed by atoms with Gasteiger partial charge < -0.3 is 19.5 Å². The molecule has 0 aromatic heterocycles. The maximum Gasteiger partial charge on any atom is 0.295 e. The standard InChI is InChI=1S/C27H31ClN2O5/c1-18(2)35-22-10-6-19(7-11-22)24-23(25(31)20-4-8-21(28)9-5-20)26(32)27(33)30(24)13-3-12-29-14-16-34-17-15-29/h4-11,18,24,31H,3,12-17H2,1-2H3/b25-23+. The molecule has 4 rings (SSSR count). The van der Waals surface area contributed by atoms with Crippen molar-refractivity contribution in [1.29, 1.82) is 0 Å². The smallest absolute Gasteiger partial charge is 0.295 e. The highest BCUT2D eigenvalue weighted by Gasteiger charge is 2.45. The summed E-state index contributed by atoms with van der Waals surface area (Å²) in [7, 11) is 0. The van der Waals surface area contributed by atoms with Gasteiger partial charge in [-0.3, -0.25) is 14.5 Å². The van der Waals surface area contributed by atoms with Crippen LogP contribution in [-0.2, 0) is 14.3 Å². The molecule has 0 bridgehead atoms. The van der Waals surface area contributed by atoms with Gasteiger partial charge in [-0.05, 0) is 62.2 Å². The van der Waals surface area contributed by atoms with Crippen molar-refractivity contribution in [1.82, 2.24) is 9.80 Å². The summed E-state index contributed by atoms with van der Waals surface area (Å²) < 4.78 is 11.2. The van der Waals surface area contributed by atoms with Crippen LogP contribution in [0.5, 0.6) is 5.75 Å². The minimum Gasteiger partial charge on any atom is -0.507 e. The largest absolute Gasteiger partial charge is 0.507 e. The molecule has 2 aromatic rings. The van der Waals surface area contributed by atoms with E-state index in [-0.39, 0.29) is 17.4 Å². The van der Waals surface area contributed by atoms with Gasteiger partial charge in [-0.25, -0.2) is 0 Å². The number of Topliss-reactive ketones (excluding diaryl/α,β-unsaturated/α-hetero) is 1. The fourth-order valence-electron chi connectivity index (χ4n) is 4.51. The summed E-state index contributed by atoms with van der Waals surface area (Å²) in [6, 6.07) is 13.2. The number of rotatable bonds is 8. The van der Waals surface area contributed by atoms with E-state index in [9.17, 15) is 14.7 Å². The molecule has 7 nitrogen and oxygen atoms in total. The lowest BCUT2D eigenvalue weighted by atomic mass is 9.95. The zero-order valence-corrected chi connectivity index (χ0v) is 20.8. The predicted molar refractivity (Wildman–Crippen MR) is 135 cm³/mol. The van der Waals surface area contributed by atoms with E-state index in [1.54, 1.807) is 29.2 Å². The Morgan fingerprint density at radius 1 is 1.06 bits per heavy atom. The Labute approximate surface area is 210 Å². The van der Waals surface area contributed by atoms with Crippen LogP contribution in [0.25, 0.3) is 5.76 Å². The van der Waals surface area contributed by atoms with E-state index in [0.717, 1.165) is 25.2 Å². The Bertz CT molecular complexity index is 1080. The molecule has 2 heterocycles. The first-order chi connectivity index (χ1) is 16.8. The van der Waals surface area contributed by atoms with Gasteiger partial charge in [-0.15, -0.1) is 0 Å². The minimum atomic E-state index is -0.691. The van der Waals surface area contributed by atoms with Crippen molar-refractivity contribution in [2.24, 2.45) is 0 Å². The lowest BCUT2D eigenvalue weighted by molar-refractivity contribution is -0.140. The van der Waals surface area contributed by atoms with Crippen LogP contribution in [0.2, 0.25) is 5.02 Å². The van der Waals surface area contributed by atoms with Crippen molar-refractivity contribution in [3.05, 3.63) is 70.3 Å². The maximum atomic E-state index is 13.2. The maximum absolute atomic E-state index is 13.2. The second-order valence-electron chi connectivity index (χ2n) is 9.04. The lowest BCUT2D eigenvalue weighted by Crippen LogP contribution is -2.38. The molecule has 1 amide bonds. The average Bonchev–Trinajstić information content (AvgIpc) is 3.10. The molecule has 0 spiro atoms. The van der Waals surface area contributed by atoms with E-state index in [1.165, 1.54) is 0 Å². The predicted octanol–water partition coefficient (Wildman–Crippen LogP) is 4.27. The molecular weight excluding hydrogens is 468 g/mol. The molecular formula is C27H31ClN2O5. The van der Waals surface area contributed by atoms with Crippen molar-refractivity contribution in [3.8, 4) is 5.75 Å². The van der Waals surface area contributed by atoms with Gasteiger partial charge in [-0.2, -0.15) is 0 Å². The summed E-state index contributed by atoms with van der Waals surface area (Å²) in [6.45, 7) is 8.22. The zero-order chi connectivity index (χ0) is 24.9. The molecule has 0 saturated carbocycles. The van der Waals surface area contributed by atoms with E-state index < -0.39 is 17.7 Å². The number of ether oxygens (including phenoxy) is 2. The van der Waals surface area contributed by atoms with Gasteiger partial charge in [0.15, 0.2) is 0 Å². The average molecular weight is 499 g/mol. The Balaban J connectivity index is 1.66. The third-order valence-electron chi connectivity index (χ3n) is 6.20. The van der Waals surface area contributed by atoms with Crippen LogP contribution >= 0.6 is 11.6 Å². The molecule has 1 N–H and O–H groups in total. The van der Waals surface area contributed by atoms with Crippen molar-refractivity contribution < 1.29 is 24.2 Å². The summed E-state index contributed by atoms with van der Waals surface area (Å²) in [5, 5.41) is 11.7. The third-order valence-corrected chi connectivity index (χ3v) is 6.45. The monoisotopic (exact) mass is 498 g/mol. The number of nitrogens with zero attached hydrogens (tertiary/aromatic N) is 2. The van der Waals surface area contributed by atoms with Crippen molar-refractivity contribution in [3.63, 3.8) is 0 Å². The molecule has 8 heteroatoms. The first-order valence-electron chi connectivity index (χ1n) is 12.0. The fraction of sp³-hybridized carbons (Fsp3) is 0.407. The van der Waals surface area contributed by atoms with E-state index in [1.807, 2.05) is 38.1 Å². The van der Waals surface area contributed by atoms with Crippen LogP contribution in [-0.4, -0.2) is 72.1 Å². The molecule has 2 saturated heterocycles. The van der Waals surface area contributed by atoms with Gasteiger partial charge in [0.25, 0.3) is 11.7 Å². The summed E-state index contributed by atoms with van der Waals surface area (Å²) in [5.74, 6) is -0.791. The van der Waals surface area contributed by atoms with Gasteiger partial charge in [0.1, 0.15) is 11.5 Å². The second-order valence-corrected chi connectivity index (χ2v) is 9.48. The number of morpholine rings is 1. The number of carbonyl (C=O) groups is 2. The molecule has 186 valence electrons. The molecule has 0 radical (unpaired) electrons. The van der Waals surface area contributed by atoms with E-state index in [0.29, 0.717) is 42.5 Å². The van der Waals surface area contributed by atoms with Gasteiger partial charge in [0, 0.05) is 36.8 Å². The molecule has 2 aliphatic heterocycles. The number of benzene rings is 2. The highest BCUT2D eigenvalue weighted by molar-refractivity contribution is 6.46. The SMILES string of the molecule is CC(C)Oc1ccc(C2/C(=C(\O)c3ccc(Cl)cc3)C(=O)C(=O)N2CCCN2CCOCC2)cc1. The summed E-state index contributed by atoms with van der Waals surface area (Å²) >= 11 is 6.00. The Morgan fingerprint density at radius 2 is 1.71 bits per heavy atom. The van der Waals surface area contributed by atoms with Crippen LogP contribution in [0.3, 0.4) is 0 Å². The number of hydrogen-bond donors (Lipinski definition) is 1. The van der Waals surface area contributed by atoms with E-state index in [2.05, 4.69) is 4.90 Å². The number of hydrogen-bond acceptors (Lipinski definition) is 6. The van der Waals surface area contributed by atoms with Crippen LogP contribution in [0.15, 0.2) is 54.1 Å². The van der Waals surface area contributed by atoms with Crippen LogP contribution in [0.4, 0.5) is 0 Å². The summed E-state index contributed by atoms with van der Waals surface area (Å²) in [5.41, 5.74) is 1.26. The highest BCUT2D eigenvalue weighted by atomic mass is 35.5. The number of carbonyl (C=O) groups excluding carboxylic acids is 2. The number of likely N-dealkylation sites (tertiary alicyclic amines) is 1. The Morgan fingerprint density at radius 3 is 2.34 bits per heavy atom. The normalized spacial score (nSPS) is 20.6. The van der Waals surface area contributed by atoms with Gasteiger partial charge in [0.2, 0.25) is 0 Å². The molecule has 35 heavy (non-hydrogen) atoms. The minimum absolute atomic E-state index is 0.0246. The second kappa shape index (κ2) is 11.2. The summed E-state index contributed by atoms with van der Waals surface area (Å²) in [4.78, 5) is 30.2. The lowest BCUT2D eigenvalue weighted by Gasteiger charge is -2.29.